The number of rotatable bonds is 8. The van der Waals surface area contributed by atoms with Crippen LogP contribution < -0.4 is 10.0 Å². The molecule has 1 amide bonds. The Morgan fingerprint density at radius 3 is 2.22 bits per heavy atom. The van der Waals surface area contributed by atoms with Gasteiger partial charge in [-0.25, -0.2) is 23.1 Å². The Kier molecular flexibility index (Phi) is 7.79. The van der Waals surface area contributed by atoms with E-state index in [0.717, 1.165) is 32.8 Å². The van der Waals surface area contributed by atoms with E-state index in [1.807, 2.05) is 63.2 Å². The van der Waals surface area contributed by atoms with E-state index in [2.05, 4.69) is 20.0 Å². The molecule has 0 unspecified atom stereocenters. The molecule has 0 spiro atoms. The minimum atomic E-state index is -3.73. The summed E-state index contributed by atoms with van der Waals surface area (Å²) in [6.45, 7) is 5.43. The van der Waals surface area contributed by atoms with Gasteiger partial charge < -0.3 is 5.32 Å². The molecule has 0 aliphatic heterocycles. The van der Waals surface area contributed by atoms with Crippen LogP contribution >= 0.6 is 11.8 Å². The number of hydrogen-bond donors (Lipinski definition) is 2. The molecule has 0 bridgehead atoms. The molecule has 3 rings (SSSR count). The highest BCUT2D eigenvalue weighted by molar-refractivity contribution is 7.99. The van der Waals surface area contributed by atoms with Crippen LogP contribution in [0, 0.1) is 20.8 Å². The van der Waals surface area contributed by atoms with Crippen LogP contribution in [-0.4, -0.2) is 30.8 Å². The lowest BCUT2D eigenvalue weighted by molar-refractivity contribution is -0.115. The summed E-state index contributed by atoms with van der Waals surface area (Å²) in [7, 11) is -3.73. The van der Waals surface area contributed by atoms with Crippen LogP contribution in [0.3, 0.4) is 0 Å². The molecule has 32 heavy (non-hydrogen) atoms. The smallest absolute Gasteiger partial charge is 0.239 e. The summed E-state index contributed by atoms with van der Waals surface area (Å²) in [5, 5.41) is 4.38. The Bertz CT molecular complexity index is 1200. The van der Waals surface area contributed by atoms with Crippen molar-refractivity contribution >= 4 is 39.5 Å². The number of carbonyl (C=O) groups is 1. The first kappa shape index (κ1) is 23.6. The average molecular weight is 469 g/mol. The molecule has 166 valence electrons. The van der Waals surface area contributed by atoms with Gasteiger partial charge in [0.05, 0.1) is 6.54 Å². The van der Waals surface area contributed by atoms with Gasteiger partial charge in [-0.3, -0.25) is 4.79 Å². The van der Waals surface area contributed by atoms with Gasteiger partial charge in [0.1, 0.15) is 0 Å². The highest BCUT2D eigenvalue weighted by Crippen LogP contribution is 2.26. The highest BCUT2D eigenvalue weighted by atomic mass is 32.2. The van der Waals surface area contributed by atoms with Crippen molar-refractivity contribution < 1.29 is 13.2 Å². The molecular weight excluding hydrogens is 444 g/mol. The zero-order chi connectivity index (χ0) is 23.1. The van der Waals surface area contributed by atoms with Gasteiger partial charge in [-0.1, -0.05) is 29.8 Å². The molecule has 9 heteroatoms. The van der Waals surface area contributed by atoms with Gasteiger partial charge >= 0.3 is 0 Å². The van der Waals surface area contributed by atoms with Crippen molar-refractivity contribution in [2.24, 2.45) is 0 Å². The maximum atomic E-state index is 12.1. The number of benzene rings is 2. The Morgan fingerprint density at radius 2 is 1.59 bits per heavy atom. The minimum absolute atomic E-state index is 0.368. The molecule has 2 aromatic carbocycles. The summed E-state index contributed by atoms with van der Waals surface area (Å²) < 4.78 is 26.5. The van der Waals surface area contributed by atoms with Crippen molar-refractivity contribution in [1.82, 2.24) is 14.7 Å². The lowest BCUT2D eigenvalue weighted by Crippen LogP contribution is -2.31. The van der Waals surface area contributed by atoms with Crippen molar-refractivity contribution in [3.8, 4) is 0 Å². The van der Waals surface area contributed by atoms with E-state index >= 15 is 0 Å². The van der Waals surface area contributed by atoms with E-state index in [0.29, 0.717) is 10.8 Å². The number of aryl methyl sites for hydroxylation is 3. The Hall–Kier alpha value is -3.01. The number of nitrogens with one attached hydrogen (secondary N) is 2. The van der Waals surface area contributed by atoms with Gasteiger partial charge in [0.2, 0.25) is 15.9 Å². The van der Waals surface area contributed by atoms with Crippen molar-refractivity contribution in [1.29, 1.82) is 0 Å². The summed E-state index contributed by atoms with van der Waals surface area (Å²) in [4.78, 5) is 21.9. The zero-order valence-corrected chi connectivity index (χ0v) is 19.6. The first-order valence-electron chi connectivity index (χ1n) is 9.83. The third-order valence-corrected chi connectivity index (χ3v) is 6.17. The van der Waals surface area contributed by atoms with Crippen molar-refractivity contribution in [2.75, 3.05) is 11.9 Å². The monoisotopic (exact) mass is 468 g/mol. The van der Waals surface area contributed by atoms with Crippen LogP contribution in [0.5, 0.6) is 0 Å². The number of anilines is 1. The van der Waals surface area contributed by atoms with Crippen LogP contribution in [0.1, 0.15) is 22.5 Å². The maximum Gasteiger partial charge on any atom is 0.239 e. The predicted molar refractivity (Wildman–Crippen MR) is 128 cm³/mol. The van der Waals surface area contributed by atoms with E-state index in [1.54, 1.807) is 12.1 Å². The second-order valence-electron chi connectivity index (χ2n) is 7.19. The topological polar surface area (TPSA) is 101 Å². The van der Waals surface area contributed by atoms with Crippen molar-refractivity contribution in [2.45, 2.75) is 30.8 Å². The predicted octanol–water partition coefficient (Wildman–Crippen LogP) is 4.08. The van der Waals surface area contributed by atoms with Crippen LogP contribution in [0.25, 0.3) is 6.08 Å². The second-order valence-corrected chi connectivity index (χ2v) is 9.88. The standard InChI is InChI=1S/C23H24N4O3S2/c1-16-4-6-19(7-5-16)12-13-32(29,30)24-15-22(28)27-20-8-10-21(11-9-20)31-23-25-17(2)14-18(3)26-23/h4-14,24H,15H2,1-3H3,(H,27,28)/b13-12+. The summed E-state index contributed by atoms with van der Waals surface area (Å²) in [5.74, 6) is -0.463. The van der Waals surface area contributed by atoms with Gasteiger partial charge in [-0.15, -0.1) is 0 Å². The van der Waals surface area contributed by atoms with Gasteiger partial charge in [0.25, 0.3) is 0 Å². The fourth-order valence-electron chi connectivity index (χ4n) is 2.72. The molecular formula is C23H24N4O3S2. The lowest BCUT2D eigenvalue weighted by atomic mass is 10.2. The Labute approximate surface area is 192 Å². The summed E-state index contributed by atoms with van der Waals surface area (Å²) in [5.41, 5.74) is 4.22. The molecule has 1 heterocycles. The Morgan fingerprint density at radius 1 is 0.969 bits per heavy atom. The van der Waals surface area contributed by atoms with Crippen LogP contribution in [-0.2, 0) is 14.8 Å². The number of sulfonamides is 1. The number of hydrogen-bond acceptors (Lipinski definition) is 6. The molecule has 0 saturated carbocycles. The molecule has 1 aromatic heterocycles. The molecule has 0 aliphatic rings. The molecule has 7 nitrogen and oxygen atoms in total. The van der Waals surface area contributed by atoms with E-state index in [-0.39, 0.29) is 6.54 Å². The quantitative estimate of drug-likeness (QED) is 0.483. The minimum Gasteiger partial charge on any atom is -0.325 e. The van der Waals surface area contributed by atoms with E-state index in [4.69, 9.17) is 0 Å². The molecule has 0 aliphatic carbocycles. The van der Waals surface area contributed by atoms with Crippen molar-refractivity contribution in [3.63, 3.8) is 0 Å². The van der Waals surface area contributed by atoms with Gasteiger partial charge in [0.15, 0.2) is 5.16 Å². The van der Waals surface area contributed by atoms with Crippen LogP contribution in [0.2, 0.25) is 0 Å². The third-order valence-electron chi connectivity index (χ3n) is 4.26. The first-order chi connectivity index (χ1) is 15.2. The fourth-order valence-corrected chi connectivity index (χ4v) is 4.34. The number of nitrogens with zero attached hydrogens (tertiary/aromatic N) is 2. The molecule has 0 fully saturated rings. The molecule has 0 radical (unpaired) electrons. The van der Waals surface area contributed by atoms with Crippen molar-refractivity contribution in [3.05, 3.63) is 82.5 Å². The maximum absolute atomic E-state index is 12.1. The van der Waals surface area contributed by atoms with Crippen LogP contribution in [0.15, 0.2) is 70.1 Å². The Balaban J connectivity index is 1.51. The summed E-state index contributed by atoms with van der Waals surface area (Å²) >= 11 is 1.43. The SMILES string of the molecule is Cc1ccc(/C=C/S(=O)(=O)NCC(=O)Nc2ccc(Sc3nc(C)cc(C)n3)cc2)cc1. The molecule has 2 N–H and O–H groups in total. The largest absolute Gasteiger partial charge is 0.325 e. The number of carbonyl (C=O) groups excluding carboxylic acids is 1. The first-order valence-corrected chi connectivity index (χ1v) is 12.2. The van der Waals surface area contributed by atoms with E-state index < -0.39 is 15.9 Å². The van der Waals surface area contributed by atoms with Gasteiger partial charge in [-0.2, -0.15) is 0 Å². The number of amides is 1. The normalized spacial score (nSPS) is 11.6. The summed E-state index contributed by atoms with van der Waals surface area (Å²) in [6, 6.07) is 16.5. The zero-order valence-electron chi connectivity index (χ0n) is 18.0. The van der Waals surface area contributed by atoms with Gasteiger partial charge in [-0.05, 0) is 74.5 Å². The van der Waals surface area contributed by atoms with Crippen LogP contribution in [0.4, 0.5) is 5.69 Å². The van der Waals surface area contributed by atoms with E-state index in [9.17, 15) is 13.2 Å². The molecule has 3 aromatic rings. The average Bonchev–Trinajstić information content (AvgIpc) is 2.73. The van der Waals surface area contributed by atoms with E-state index in [1.165, 1.54) is 17.8 Å². The lowest BCUT2D eigenvalue weighted by Gasteiger charge is -2.07. The molecule has 0 saturated heterocycles. The third kappa shape index (κ3) is 7.60. The summed E-state index contributed by atoms with van der Waals surface area (Å²) in [6.07, 6.45) is 1.48. The highest BCUT2D eigenvalue weighted by Gasteiger charge is 2.10. The number of aromatic nitrogens is 2. The van der Waals surface area contributed by atoms with Gasteiger partial charge in [0, 0.05) is 27.4 Å². The molecule has 0 atom stereocenters. The fraction of sp³-hybridized carbons (Fsp3) is 0.174. The second kappa shape index (κ2) is 10.5.